The molecule has 0 radical (unpaired) electrons. The quantitative estimate of drug-likeness (QED) is 0.902. The van der Waals surface area contributed by atoms with Gasteiger partial charge in [-0.05, 0) is 32.2 Å². The molecule has 1 saturated heterocycles. The predicted octanol–water partition coefficient (Wildman–Crippen LogP) is 1.90. The Morgan fingerprint density at radius 1 is 1.50 bits per heavy atom. The molecule has 112 valence electrons. The molecule has 20 heavy (non-hydrogen) atoms. The van der Waals surface area contributed by atoms with E-state index in [9.17, 15) is 4.79 Å². The Kier molecular flexibility index (Phi) is 5.57. The summed E-state index contributed by atoms with van der Waals surface area (Å²) in [4.78, 5) is 15.4. The molecule has 1 aliphatic heterocycles. The molecule has 1 aromatic heterocycles. The summed E-state index contributed by atoms with van der Waals surface area (Å²) < 4.78 is 5.73. The minimum absolute atomic E-state index is 0.105. The third-order valence-corrected chi connectivity index (χ3v) is 4.46. The van der Waals surface area contributed by atoms with Crippen LogP contribution in [0.5, 0.6) is 0 Å². The Hall–Kier alpha value is -0.910. The lowest BCUT2D eigenvalue weighted by Gasteiger charge is -2.39. The number of amides is 1. The standard InChI is InChI=1S/C15H24N2O2S/c1-11(17-9-12(2)19-13(3)10-17)8-16-15(18)7-14-5-4-6-20-14/h4-6,11-13H,7-10H2,1-3H3,(H,16,18)/t11-,12+,13+/m0/s1. The predicted molar refractivity (Wildman–Crippen MR) is 82.1 cm³/mol. The summed E-state index contributed by atoms with van der Waals surface area (Å²) in [6.45, 7) is 8.94. The molecule has 1 aliphatic rings. The van der Waals surface area contributed by atoms with Crippen molar-refractivity contribution in [2.75, 3.05) is 19.6 Å². The molecule has 2 rings (SSSR count). The number of hydrogen-bond acceptors (Lipinski definition) is 4. The second kappa shape index (κ2) is 7.20. The molecule has 0 saturated carbocycles. The van der Waals surface area contributed by atoms with Crippen LogP contribution in [0.15, 0.2) is 17.5 Å². The molecular formula is C15H24N2O2S. The zero-order valence-electron chi connectivity index (χ0n) is 12.5. The van der Waals surface area contributed by atoms with Crippen LogP contribution in [0.3, 0.4) is 0 Å². The third kappa shape index (κ3) is 4.58. The highest BCUT2D eigenvalue weighted by atomic mass is 32.1. The maximum absolute atomic E-state index is 11.9. The van der Waals surface area contributed by atoms with Crippen LogP contribution in [0.2, 0.25) is 0 Å². The third-order valence-electron chi connectivity index (χ3n) is 3.58. The molecule has 1 fully saturated rings. The first-order valence-corrected chi connectivity index (χ1v) is 8.11. The van der Waals surface area contributed by atoms with Crippen LogP contribution in [-0.4, -0.2) is 48.7 Å². The molecule has 0 spiro atoms. The number of carbonyl (C=O) groups is 1. The van der Waals surface area contributed by atoms with Crippen molar-refractivity contribution in [1.29, 1.82) is 0 Å². The second-order valence-corrected chi connectivity index (χ2v) is 6.65. The monoisotopic (exact) mass is 296 g/mol. The zero-order valence-corrected chi connectivity index (χ0v) is 13.3. The van der Waals surface area contributed by atoms with Crippen molar-refractivity contribution in [3.63, 3.8) is 0 Å². The van der Waals surface area contributed by atoms with Crippen LogP contribution in [0, 0.1) is 0 Å². The van der Waals surface area contributed by atoms with Crippen LogP contribution < -0.4 is 5.32 Å². The smallest absolute Gasteiger partial charge is 0.225 e. The first-order chi connectivity index (χ1) is 9.54. The Labute approximate surface area is 125 Å². The fourth-order valence-corrected chi connectivity index (χ4v) is 3.31. The Bertz CT molecular complexity index is 412. The van der Waals surface area contributed by atoms with Crippen LogP contribution in [0.1, 0.15) is 25.6 Å². The van der Waals surface area contributed by atoms with Crippen molar-refractivity contribution in [1.82, 2.24) is 10.2 Å². The van der Waals surface area contributed by atoms with E-state index >= 15 is 0 Å². The summed E-state index contributed by atoms with van der Waals surface area (Å²) in [5.74, 6) is 0.105. The van der Waals surface area contributed by atoms with E-state index in [0.717, 1.165) is 18.0 Å². The maximum atomic E-state index is 11.9. The number of rotatable bonds is 5. The van der Waals surface area contributed by atoms with Crippen LogP contribution in [0.4, 0.5) is 0 Å². The van der Waals surface area contributed by atoms with Gasteiger partial charge in [-0.2, -0.15) is 0 Å². The van der Waals surface area contributed by atoms with Crippen molar-refractivity contribution in [2.45, 2.75) is 45.4 Å². The lowest BCUT2D eigenvalue weighted by Crippen LogP contribution is -2.52. The Morgan fingerprint density at radius 3 is 2.80 bits per heavy atom. The maximum Gasteiger partial charge on any atom is 0.225 e. The average Bonchev–Trinajstić information content (AvgIpc) is 2.87. The topological polar surface area (TPSA) is 41.6 Å². The van der Waals surface area contributed by atoms with Gasteiger partial charge < -0.3 is 10.1 Å². The summed E-state index contributed by atoms with van der Waals surface area (Å²) in [6.07, 6.45) is 1.02. The summed E-state index contributed by atoms with van der Waals surface area (Å²) in [5.41, 5.74) is 0. The molecule has 0 unspecified atom stereocenters. The highest BCUT2D eigenvalue weighted by Gasteiger charge is 2.25. The molecule has 1 aromatic rings. The van der Waals surface area contributed by atoms with Gasteiger partial charge in [-0.1, -0.05) is 6.07 Å². The van der Waals surface area contributed by atoms with Gasteiger partial charge in [-0.25, -0.2) is 0 Å². The van der Waals surface area contributed by atoms with E-state index in [1.165, 1.54) is 0 Å². The molecular weight excluding hydrogens is 272 g/mol. The van der Waals surface area contributed by atoms with Crippen molar-refractivity contribution in [3.8, 4) is 0 Å². The van der Waals surface area contributed by atoms with Gasteiger partial charge in [0.15, 0.2) is 0 Å². The van der Waals surface area contributed by atoms with E-state index in [2.05, 4.69) is 31.0 Å². The van der Waals surface area contributed by atoms with Gasteiger partial charge in [0.25, 0.3) is 0 Å². The minimum Gasteiger partial charge on any atom is -0.373 e. The fourth-order valence-electron chi connectivity index (χ4n) is 2.60. The van der Waals surface area contributed by atoms with E-state index in [1.54, 1.807) is 11.3 Å². The van der Waals surface area contributed by atoms with Gasteiger partial charge in [0.2, 0.25) is 5.91 Å². The molecule has 0 aliphatic carbocycles. The molecule has 5 heteroatoms. The zero-order chi connectivity index (χ0) is 14.5. The van der Waals surface area contributed by atoms with E-state index in [4.69, 9.17) is 4.74 Å². The number of nitrogens with one attached hydrogen (secondary N) is 1. The Morgan fingerprint density at radius 2 is 2.20 bits per heavy atom. The molecule has 1 N–H and O–H groups in total. The first-order valence-electron chi connectivity index (χ1n) is 7.23. The number of hydrogen-bond donors (Lipinski definition) is 1. The van der Waals surface area contributed by atoms with E-state index in [-0.39, 0.29) is 18.1 Å². The van der Waals surface area contributed by atoms with Crippen LogP contribution >= 0.6 is 11.3 Å². The average molecular weight is 296 g/mol. The number of nitrogens with zero attached hydrogens (tertiary/aromatic N) is 1. The van der Waals surface area contributed by atoms with Crippen molar-refractivity contribution in [2.24, 2.45) is 0 Å². The summed E-state index contributed by atoms with van der Waals surface area (Å²) in [7, 11) is 0. The SMILES string of the molecule is C[C@@H]1CN([C@@H](C)CNC(=O)Cc2cccs2)C[C@@H](C)O1. The van der Waals surface area contributed by atoms with Gasteiger partial charge in [0, 0.05) is 30.6 Å². The molecule has 2 heterocycles. The normalized spacial score (nSPS) is 25.4. The van der Waals surface area contributed by atoms with Gasteiger partial charge in [-0.15, -0.1) is 11.3 Å². The van der Waals surface area contributed by atoms with Crippen molar-refractivity contribution < 1.29 is 9.53 Å². The highest BCUT2D eigenvalue weighted by Crippen LogP contribution is 2.13. The largest absolute Gasteiger partial charge is 0.373 e. The summed E-state index contributed by atoms with van der Waals surface area (Å²) in [5, 5.41) is 5.03. The second-order valence-electron chi connectivity index (χ2n) is 5.62. The molecule has 4 nitrogen and oxygen atoms in total. The minimum atomic E-state index is 0.105. The fraction of sp³-hybridized carbons (Fsp3) is 0.667. The number of ether oxygens (including phenoxy) is 1. The number of carbonyl (C=O) groups excluding carboxylic acids is 1. The Balaban J connectivity index is 1.74. The molecule has 0 aromatic carbocycles. The number of morpholine rings is 1. The number of thiophene rings is 1. The summed E-state index contributed by atoms with van der Waals surface area (Å²) >= 11 is 1.63. The van der Waals surface area contributed by atoms with E-state index in [1.807, 2.05) is 17.5 Å². The van der Waals surface area contributed by atoms with Gasteiger partial charge >= 0.3 is 0 Å². The lowest BCUT2D eigenvalue weighted by atomic mass is 10.1. The van der Waals surface area contributed by atoms with Gasteiger partial charge in [-0.3, -0.25) is 9.69 Å². The van der Waals surface area contributed by atoms with Crippen molar-refractivity contribution in [3.05, 3.63) is 22.4 Å². The van der Waals surface area contributed by atoms with E-state index in [0.29, 0.717) is 19.0 Å². The molecule has 0 bridgehead atoms. The van der Waals surface area contributed by atoms with Gasteiger partial charge in [0.1, 0.15) is 0 Å². The molecule has 3 atom stereocenters. The van der Waals surface area contributed by atoms with Gasteiger partial charge in [0.05, 0.1) is 18.6 Å². The summed E-state index contributed by atoms with van der Waals surface area (Å²) in [6, 6.07) is 4.32. The highest BCUT2D eigenvalue weighted by molar-refractivity contribution is 7.10. The van der Waals surface area contributed by atoms with Crippen LogP contribution in [-0.2, 0) is 16.0 Å². The molecule has 1 amide bonds. The van der Waals surface area contributed by atoms with Crippen LogP contribution in [0.25, 0.3) is 0 Å². The first kappa shape index (κ1) is 15.5. The van der Waals surface area contributed by atoms with Crippen molar-refractivity contribution >= 4 is 17.2 Å². The van der Waals surface area contributed by atoms with E-state index < -0.39 is 0 Å². The lowest BCUT2D eigenvalue weighted by molar-refractivity contribution is -0.121.